The largest absolute Gasteiger partial charge is 0.453 e. The van der Waals surface area contributed by atoms with Gasteiger partial charge in [-0.2, -0.15) is 0 Å². The molecule has 7 atom stereocenters. The molecule has 4 aliphatic heterocycles. The molecule has 3 fully saturated rings. The van der Waals surface area contributed by atoms with Gasteiger partial charge < -0.3 is 45.1 Å². The molecule has 3 aromatic carbocycles. The Balaban J connectivity index is 0.938. The zero-order valence-electron chi connectivity index (χ0n) is 38.3. The Kier molecular flexibility index (Phi) is 13.8. The Morgan fingerprint density at radius 2 is 1.18 bits per heavy atom. The number of nitrogens with zero attached hydrogens (tertiary/aromatic N) is 5. The number of ether oxygens (including phenoxy) is 2. The van der Waals surface area contributed by atoms with Crippen molar-refractivity contribution in [2.24, 2.45) is 16.8 Å². The Hall–Kier alpha value is -6.38. The van der Waals surface area contributed by atoms with E-state index in [-0.39, 0.29) is 53.9 Å². The van der Waals surface area contributed by atoms with Crippen molar-refractivity contribution in [1.82, 2.24) is 35.7 Å². The van der Waals surface area contributed by atoms with Gasteiger partial charge in [-0.25, -0.2) is 14.6 Å². The number of aliphatic imine (C=N–C) groups is 1. The molecule has 0 saturated carbocycles. The number of rotatable bonds is 13. The molecule has 1 aromatic heterocycles. The predicted molar refractivity (Wildman–Crippen MR) is 249 cm³/mol. The van der Waals surface area contributed by atoms with Gasteiger partial charge in [0.2, 0.25) is 11.8 Å². The van der Waals surface area contributed by atoms with Crippen LogP contribution in [0.15, 0.2) is 90.1 Å². The molecule has 4 N–H and O–H groups in total. The second kappa shape index (κ2) is 19.8. The van der Waals surface area contributed by atoms with E-state index in [2.05, 4.69) is 105 Å². The number of benzene rings is 3. The van der Waals surface area contributed by atoms with Crippen LogP contribution in [-0.4, -0.2) is 102 Å². The van der Waals surface area contributed by atoms with E-state index in [9.17, 15) is 19.2 Å². The SMILES string of the molecule is COC(=O)N[C@H](C(=O)N1CCC[C@H]1C1=NCC(c2ccc(C3CC[C@H](c4ccc(-c5cnc([C@@H]6CCCN6C(=O)[C@@H](NC(=O)OC)C(C)C)[nH]5)cc4)N3c3ccccc3)cc2)N1)C(C)C. The van der Waals surface area contributed by atoms with Crippen LogP contribution in [-0.2, 0) is 19.1 Å². The lowest BCUT2D eigenvalue weighted by atomic mass is 9.99. The van der Waals surface area contributed by atoms with Crippen LogP contribution >= 0.6 is 0 Å². The van der Waals surface area contributed by atoms with Gasteiger partial charge in [-0.1, -0.05) is 94.4 Å². The van der Waals surface area contributed by atoms with Crippen LogP contribution in [0.2, 0.25) is 0 Å². The molecule has 65 heavy (non-hydrogen) atoms. The summed E-state index contributed by atoms with van der Waals surface area (Å²) >= 11 is 0. The van der Waals surface area contributed by atoms with Crippen molar-refractivity contribution in [2.75, 3.05) is 38.8 Å². The first-order valence-corrected chi connectivity index (χ1v) is 23.1. The smallest absolute Gasteiger partial charge is 0.407 e. The Labute approximate surface area is 381 Å². The monoisotopic (exact) mass is 885 g/mol. The summed E-state index contributed by atoms with van der Waals surface area (Å²) in [4.78, 5) is 71.0. The molecule has 5 heterocycles. The summed E-state index contributed by atoms with van der Waals surface area (Å²) in [6, 6.07) is 27.0. The molecule has 4 aromatic rings. The third-order valence-electron chi connectivity index (χ3n) is 13.6. The third-order valence-corrected chi connectivity index (χ3v) is 13.6. The van der Waals surface area contributed by atoms with Crippen LogP contribution in [0.3, 0.4) is 0 Å². The number of hydrogen-bond acceptors (Lipinski definition) is 10. The Morgan fingerprint density at radius 3 is 1.74 bits per heavy atom. The number of anilines is 1. The van der Waals surface area contributed by atoms with E-state index in [1.807, 2.05) is 43.7 Å². The maximum atomic E-state index is 13.7. The highest BCUT2D eigenvalue weighted by molar-refractivity contribution is 5.95. The summed E-state index contributed by atoms with van der Waals surface area (Å²) < 4.78 is 9.60. The fourth-order valence-electron chi connectivity index (χ4n) is 10.1. The zero-order chi connectivity index (χ0) is 45.8. The maximum absolute atomic E-state index is 13.7. The molecular weight excluding hydrogens is 823 g/mol. The summed E-state index contributed by atoms with van der Waals surface area (Å²) in [6.07, 6.45) is 5.94. The maximum Gasteiger partial charge on any atom is 0.407 e. The van der Waals surface area contributed by atoms with Gasteiger partial charge in [0, 0.05) is 18.8 Å². The van der Waals surface area contributed by atoms with Crippen LogP contribution in [0.5, 0.6) is 0 Å². The van der Waals surface area contributed by atoms with E-state index >= 15 is 0 Å². The molecule has 8 rings (SSSR count). The number of amidine groups is 1. The van der Waals surface area contributed by atoms with Gasteiger partial charge in [0.05, 0.1) is 62.9 Å². The minimum atomic E-state index is -0.688. The van der Waals surface area contributed by atoms with Crippen molar-refractivity contribution in [3.63, 3.8) is 0 Å². The molecule has 4 aliphatic rings. The average Bonchev–Trinajstić information content (AvgIpc) is 4.19. The lowest BCUT2D eigenvalue weighted by molar-refractivity contribution is -0.135. The molecule has 3 saturated heterocycles. The topological polar surface area (TPSA) is 174 Å². The van der Waals surface area contributed by atoms with E-state index < -0.39 is 24.3 Å². The van der Waals surface area contributed by atoms with Crippen LogP contribution < -0.4 is 20.9 Å². The molecule has 344 valence electrons. The van der Waals surface area contributed by atoms with Crippen molar-refractivity contribution in [2.45, 2.75) is 109 Å². The van der Waals surface area contributed by atoms with Crippen molar-refractivity contribution >= 4 is 35.5 Å². The van der Waals surface area contributed by atoms with Crippen molar-refractivity contribution in [3.05, 3.63) is 108 Å². The van der Waals surface area contributed by atoms with Crippen LogP contribution in [0.25, 0.3) is 11.3 Å². The fraction of sp³-hybridized carbons (Fsp3) is 0.480. The molecule has 0 radical (unpaired) electrons. The number of imidazole rings is 1. The van der Waals surface area contributed by atoms with E-state index in [1.54, 1.807) is 0 Å². The Morgan fingerprint density at radius 1 is 0.662 bits per heavy atom. The molecule has 15 heteroatoms. The van der Waals surface area contributed by atoms with Crippen molar-refractivity contribution < 1.29 is 28.7 Å². The zero-order valence-corrected chi connectivity index (χ0v) is 38.3. The minimum absolute atomic E-state index is 0.00358. The number of H-pyrrole nitrogens is 1. The van der Waals surface area contributed by atoms with Crippen LogP contribution in [0.1, 0.15) is 113 Å². The standard InChI is InChI=1S/C50H63N9O6/c1-30(2)43(55-49(62)64-5)47(60)57-26-10-14-41(57)45-51-28-37(53-45)32-16-20-34(21-17-32)39-24-25-40(59(39)36-12-8-7-9-13-36)35-22-18-33(19-23-35)38-29-52-46(54-38)42-15-11-27-58(42)48(61)44(31(3)4)56-50(63)65-6/h7-9,12-13,16-23,28,30-31,38-44H,10-11,14-15,24-27,29H2,1-6H3,(H,51,53)(H,52,54)(H,55,62)(H,56,63)/t38?,39-,40?,41+,42+,43+,44+/m1/s1. The summed E-state index contributed by atoms with van der Waals surface area (Å²) in [5, 5.41) is 9.11. The highest BCUT2D eigenvalue weighted by Crippen LogP contribution is 2.47. The number of carbonyl (C=O) groups excluding carboxylic acids is 4. The second-order valence-electron chi connectivity index (χ2n) is 18.3. The number of alkyl carbamates (subject to hydrolysis) is 2. The number of amides is 4. The number of likely N-dealkylation sites (tertiary alicyclic amines) is 2. The quantitative estimate of drug-likeness (QED) is 0.105. The summed E-state index contributed by atoms with van der Waals surface area (Å²) in [7, 11) is 2.61. The molecule has 15 nitrogen and oxygen atoms in total. The molecule has 0 spiro atoms. The van der Waals surface area contributed by atoms with E-state index in [4.69, 9.17) is 19.5 Å². The van der Waals surface area contributed by atoms with Gasteiger partial charge in [-0.05, 0) is 84.7 Å². The van der Waals surface area contributed by atoms with Gasteiger partial charge in [0.25, 0.3) is 0 Å². The van der Waals surface area contributed by atoms with Crippen LogP contribution in [0.4, 0.5) is 15.3 Å². The summed E-state index contributed by atoms with van der Waals surface area (Å²) in [6.45, 7) is 9.48. The third kappa shape index (κ3) is 9.55. The number of hydrogen-bond donors (Lipinski definition) is 4. The first-order valence-electron chi connectivity index (χ1n) is 23.1. The van der Waals surface area contributed by atoms with E-state index in [0.717, 1.165) is 67.0 Å². The van der Waals surface area contributed by atoms with E-state index in [0.29, 0.717) is 19.6 Å². The van der Waals surface area contributed by atoms with Crippen molar-refractivity contribution in [1.29, 1.82) is 0 Å². The molecule has 0 aliphatic carbocycles. The summed E-state index contributed by atoms with van der Waals surface area (Å²) in [5.41, 5.74) is 6.72. The number of aromatic amines is 1. The lowest BCUT2D eigenvalue weighted by Crippen LogP contribution is -2.54. The van der Waals surface area contributed by atoms with Gasteiger partial charge >= 0.3 is 12.2 Å². The van der Waals surface area contributed by atoms with E-state index in [1.165, 1.54) is 31.0 Å². The highest BCUT2D eigenvalue weighted by atomic mass is 16.5. The van der Waals surface area contributed by atoms with Gasteiger partial charge in [0.1, 0.15) is 23.7 Å². The number of nitrogens with one attached hydrogen (secondary N) is 4. The van der Waals surface area contributed by atoms with Gasteiger partial charge in [-0.3, -0.25) is 14.6 Å². The van der Waals surface area contributed by atoms with Crippen molar-refractivity contribution in [3.8, 4) is 11.3 Å². The molecule has 0 bridgehead atoms. The fourth-order valence-corrected chi connectivity index (χ4v) is 10.1. The highest BCUT2D eigenvalue weighted by Gasteiger charge is 2.41. The molecule has 4 amide bonds. The number of carbonyl (C=O) groups is 4. The average molecular weight is 886 g/mol. The number of aromatic nitrogens is 2. The van der Waals surface area contributed by atoms with Gasteiger partial charge in [0.15, 0.2) is 0 Å². The molecular formula is C50H63N9O6. The predicted octanol–water partition coefficient (Wildman–Crippen LogP) is 7.62. The first kappa shape index (κ1) is 45.2. The Bertz CT molecular complexity index is 2330. The minimum Gasteiger partial charge on any atom is -0.453 e. The van der Waals surface area contributed by atoms with Crippen LogP contribution in [0, 0.1) is 11.8 Å². The lowest BCUT2D eigenvalue weighted by Gasteiger charge is -2.33. The number of methoxy groups -OCH3 is 2. The normalized spacial score (nSPS) is 22.7. The number of para-hydroxylation sites is 1. The molecule has 2 unspecified atom stereocenters. The second-order valence-corrected chi connectivity index (χ2v) is 18.3. The first-order chi connectivity index (χ1) is 31.4. The summed E-state index contributed by atoms with van der Waals surface area (Å²) in [5.74, 6) is 1.13. The van der Waals surface area contributed by atoms with Gasteiger partial charge in [-0.15, -0.1) is 0 Å².